The molecule has 6 nitrogen and oxygen atoms in total. The Bertz CT molecular complexity index is 881. The van der Waals surface area contributed by atoms with E-state index in [4.69, 9.17) is 4.74 Å². The first-order valence-electron chi connectivity index (χ1n) is 8.98. The van der Waals surface area contributed by atoms with Crippen molar-refractivity contribution in [3.8, 4) is 22.8 Å². The Balaban J connectivity index is 1.71. The lowest BCUT2D eigenvalue weighted by atomic mass is 10.1. The van der Waals surface area contributed by atoms with E-state index in [9.17, 15) is 9.90 Å². The lowest BCUT2D eigenvalue weighted by Gasteiger charge is -2.15. The number of aliphatic hydroxyl groups is 1. The van der Waals surface area contributed by atoms with E-state index in [0.29, 0.717) is 23.4 Å². The molecule has 2 aromatic carbocycles. The SMILES string of the molecule is CSCC[C@@H](CO)NC(=O)c1cn[nH]c1-c1ccc(Oc2ccccc2)cc1. The van der Waals surface area contributed by atoms with E-state index < -0.39 is 0 Å². The summed E-state index contributed by atoms with van der Waals surface area (Å²) in [5, 5.41) is 19.3. The standard InChI is InChI=1S/C21H23N3O3S/c1-28-12-11-16(14-25)23-21(26)19-13-22-24-20(19)15-7-9-18(10-8-15)27-17-5-3-2-4-6-17/h2-10,13,16,25H,11-12,14H2,1H3,(H,22,24)(H,23,26)/t16-/m0/s1. The normalized spacial score (nSPS) is 11.8. The van der Waals surface area contributed by atoms with Gasteiger partial charge in [-0.05, 0) is 54.8 Å². The summed E-state index contributed by atoms with van der Waals surface area (Å²) in [6, 6.07) is 16.7. The summed E-state index contributed by atoms with van der Waals surface area (Å²) in [5.74, 6) is 2.08. The van der Waals surface area contributed by atoms with Gasteiger partial charge in [-0.3, -0.25) is 9.89 Å². The van der Waals surface area contributed by atoms with Crippen molar-refractivity contribution in [1.29, 1.82) is 0 Å². The van der Waals surface area contributed by atoms with Crippen LogP contribution in [0, 0.1) is 0 Å². The second-order valence-corrected chi connectivity index (χ2v) is 7.22. The van der Waals surface area contributed by atoms with Crippen LogP contribution < -0.4 is 10.1 Å². The number of ether oxygens (including phenoxy) is 1. The molecule has 0 saturated heterocycles. The van der Waals surface area contributed by atoms with Crippen LogP contribution in [-0.2, 0) is 0 Å². The molecule has 1 aromatic heterocycles. The van der Waals surface area contributed by atoms with E-state index in [1.165, 1.54) is 6.20 Å². The number of hydrogen-bond donors (Lipinski definition) is 3. The lowest BCUT2D eigenvalue weighted by molar-refractivity contribution is 0.0916. The van der Waals surface area contributed by atoms with Crippen molar-refractivity contribution < 1.29 is 14.6 Å². The molecule has 0 aliphatic rings. The number of aliphatic hydroxyl groups excluding tert-OH is 1. The quantitative estimate of drug-likeness (QED) is 0.512. The number of nitrogens with zero attached hydrogens (tertiary/aromatic N) is 1. The van der Waals surface area contributed by atoms with Crippen LogP contribution in [0.2, 0.25) is 0 Å². The molecule has 3 N–H and O–H groups in total. The van der Waals surface area contributed by atoms with Crippen LogP contribution in [0.1, 0.15) is 16.8 Å². The maximum Gasteiger partial charge on any atom is 0.255 e. The highest BCUT2D eigenvalue weighted by Crippen LogP contribution is 2.26. The molecule has 0 bridgehead atoms. The number of aromatic nitrogens is 2. The van der Waals surface area contributed by atoms with Gasteiger partial charge in [0.2, 0.25) is 0 Å². The lowest BCUT2D eigenvalue weighted by Crippen LogP contribution is -2.38. The van der Waals surface area contributed by atoms with Crippen molar-refractivity contribution in [3.63, 3.8) is 0 Å². The molecular weight excluding hydrogens is 374 g/mol. The fourth-order valence-electron chi connectivity index (χ4n) is 2.72. The molecule has 1 amide bonds. The van der Waals surface area contributed by atoms with E-state index in [0.717, 1.165) is 17.1 Å². The summed E-state index contributed by atoms with van der Waals surface area (Å²) in [4.78, 5) is 12.6. The molecule has 1 heterocycles. The second kappa shape index (κ2) is 9.96. The van der Waals surface area contributed by atoms with Gasteiger partial charge in [0.15, 0.2) is 0 Å². The van der Waals surface area contributed by atoms with E-state index in [1.54, 1.807) is 11.8 Å². The first-order valence-corrected chi connectivity index (χ1v) is 10.4. The summed E-state index contributed by atoms with van der Waals surface area (Å²) in [6.07, 6.45) is 4.21. The highest BCUT2D eigenvalue weighted by molar-refractivity contribution is 7.98. The molecule has 7 heteroatoms. The van der Waals surface area contributed by atoms with Gasteiger partial charge < -0.3 is 15.2 Å². The van der Waals surface area contributed by atoms with E-state index in [-0.39, 0.29) is 18.6 Å². The van der Waals surface area contributed by atoms with Crippen LogP contribution in [-0.4, -0.2) is 45.9 Å². The van der Waals surface area contributed by atoms with E-state index in [2.05, 4.69) is 15.5 Å². The zero-order valence-corrected chi connectivity index (χ0v) is 16.4. The second-order valence-electron chi connectivity index (χ2n) is 6.23. The molecule has 3 rings (SSSR count). The summed E-state index contributed by atoms with van der Waals surface area (Å²) in [5.41, 5.74) is 1.90. The number of nitrogens with one attached hydrogen (secondary N) is 2. The van der Waals surface area contributed by atoms with Crippen LogP contribution in [0.15, 0.2) is 60.8 Å². The first kappa shape index (κ1) is 20.0. The highest BCUT2D eigenvalue weighted by atomic mass is 32.2. The summed E-state index contributed by atoms with van der Waals surface area (Å²) in [7, 11) is 0. The van der Waals surface area contributed by atoms with Gasteiger partial charge in [-0.15, -0.1) is 0 Å². The van der Waals surface area contributed by atoms with Crippen LogP contribution in [0.3, 0.4) is 0 Å². The molecule has 0 aliphatic carbocycles. The third-order valence-electron chi connectivity index (χ3n) is 4.23. The number of H-pyrrole nitrogens is 1. The molecule has 0 fully saturated rings. The monoisotopic (exact) mass is 397 g/mol. The van der Waals surface area contributed by atoms with Crippen molar-refractivity contribution in [2.24, 2.45) is 0 Å². The number of carbonyl (C=O) groups is 1. The first-order chi connectivity index (χ1) is 13.7. The minimum atomic E-state index is -0.274. The molecule has 0 radical (unpaired) electrons. The average molecular weight is 398 g/mol. The maximum absolute atomic E-state index is 12.6. The van der Waals surface area contributed by atoms with Crippen LogP contribution in [0.5, 0.6) is 11.5 Å². The van der Waals surface area contributed by atoms with Gasteiger partial charge in [0.25, 0.3) is 5.91 Å². The number of rotatable bonds is 9. The van der Waals surface area contributed by atoms with Crippen LogP contribution >= 0.6 is 11.8 Å². The largest absolute Gasteiger partial charge is 0.457 e. The molecule has 28 heavy (non-hydrogen) atoms. The van der Waals surface area contributed by atoms with E-state index in [1.807, 2.05) is 60.9 Å². The van der Waals surface area contributed by atoms with Gasteiger partial charge in [-0.1, -0.05) is 18.2 Å². The Morgan fingerprint density at radius 2 is 1.89 bits per heavy atom. The fraction of sp³-hybridized carbons (Fsp3) is 0.238. The van der Waals surface area contributed by atoms with Gasteiger partial charge >= 0.3 is 0 Å². The van der Waals surface area contributed by atoms with Gasteiger partial charge in [0.1, 0.15) is 11.5 Å². The third-order valence-corrected chi connectivity index (χ3v) is 4.88. The highest BCUT2D eigenvalue weighted by Gasteiger charge is 2.18. The molecule has 1 atom stereocenters. The molecular formula is C21H23N3O3S. The zero-order chi connectivity index (χ0) is 19.8. The Morgan fingerprint density at radius 3 is 2.57 bits per heavy atom. The van der Waals surface area contributed by atoms with E-state index >= 15 is 0 Å². The van der Waals surface area contributed by atoms with Crippen molar-refractivity contribution in [2.75, 3.05) is 18.6 Å². The number of benzene rings is 2. The molecule has 146 valence electrons. The predicted molar refractivity (Wildman–Crippen MR) is 112 cm³/mol. The van der Waals surface area contributed by atoms with Gasteiger partial charge in [-0.2, -0.15) is 16.9 Å². The average Bonchev–Trinajstić information content (AvgIpc) is 3.22. The predicted octanol–water partition coefficient (Wildman–Crippen LogP) is 3.71. The minimum Gasteiger partial charge on any atom is -0.457 e. The fourth-order valence-corrected chi connectivity index (χ4v) is 3.25. The van der Waals surface area contributed by atoms with Crippen molar-refractivity contribution in [3.05, 3.63) is 66.4 Å². The zero-order valence-electron chi connectivity index (χ0n) is 15.6. The molecule has 3 aromatic rings. The number of para-hydroxylation sites is 1. The Morgan fingerprint density at radius 1 is 1.18 bits per heavy atom. The summed E-state index contributed by atoms with van der Waals surface area (Å²) >= 11 is 1.68. The number of aromatic amines is 1. The Kier molecular flexibility index (Phi) is 7.11. The van der Waals surface area contributed by atoms with Crippen molar-refractivity contribution in [2.45, 2.75) is 12.5 Å². The third kappa shape index (κ3) is 5.15. The number of amides is 1. The van der Waals surface area contributed by atoms with Gasteiger partial charge in [0, 0.05) is 5.56 Å². The number of hydrogen-bond acceptors (Lipinski definition) is 5. The van der Waals surface area contributed by atoms with Crippen LogP contribution in [0.25, 0.3) is 11.3 Å². The van der Waals surface area contributed by atoms with Crippen molar-refractivity contribution >= 4 is 17.7 Å². The summed E-state index contributed by atoms with van der Waals surface area (Å²) in [6.45, 7) is -0.0923. The topological polar surface area (TPSA) is 87.2 Å². The van der Waals surface area contributed by atoms with Crippen molar-refractivity contribution in [1.82, 2.24) is 15.5 Å². The molecule has 0 aliphatic heterocycles. The number of thioether (sulfide) groups is 1. The molecule has 0 spiro atoms. The minimum absolute atomic E-state index is 0.0923. The molecule has 0 saturated carbocycles. The maximum atomic E-state index is 12.6. The molecule has 0 unspecified atom stereocenters. The number of carbonyl (C=O) groups excluding carboxylic acids is 1. The summed E-state index contributed by atoms with van der Waals surface area (Å²) < 4.78 is 5.80. The van der Waals surface area contributed by atoms with Gasteiger partial charge in [-0.25, -0.2) is 0 Å². The van der Waals surface area contributed by atoms with Gasteiger partial charge in [0.05, 0.1) is 30.1 Å². The smallest absolute Gasteiger partial charge is 0.255 e. The van der Waals surface area contributed by atoms with Crippen LogP contribution in [0.4, 0.5) is 0 Å². The Hall–Kier alpha value is -2.77. The Labute approximate surface area is 168 Å².